The fourth-order valence-electron chi connectivity index (χ4n) is 2.36. The standard InChI is InChI=1S/C11H17NO2/c1-10(2)3-4-11(7-9(10)8-12)13-5-6-14-11/h9H,3-7H2,1-2H3. The van der Waals surface area contributed by atoms with Crippen molar-refractivity contribution in [3.05, 3.63) is 0 Å². The minimum Gasteiger partial charge on any atom is -0.347 e. The minimum absolute atomic E-state index is 0.0503. The fourth-order valence-corrected chi connectivity index (χ4v) is 2.36. The molecule has 1 atom stereocenters. The molecule has 0 aromatic rings. The highest BCUT2D eigenvalue weighted by atomic mass is 16.7. The Bertz CT molecular complexity index is 261. The van der Waals surface area contributed by atoms with E-state index >= 15 is 0 Å². The molecule has 1 aliphatic carbocycles. The summed E-state index contributed by atoms with van der Waals surface area (Å²) in [7, 11) is 0. The molecule has 1 saturated heterocycles. The minimum atomic E-state index is -0.421. The summed E-state index contributed by atoms with van der Waals surface area (Å²) < 4.78 is 11.3. The maximum atomic E-state index is 9.11. The normalized spacial score (nSPS) is 34.2. The topological polar surface area (TPSA) is 42.2 Å². The number of ether oxygens (including phenoxy) is 2. The van der Waals surface area contributed by atoms with Crippen molar-refractivity contribution in [1.82, 2.24) is 0 Å². The van der Waals surface area contributed by atoms with Gasteiger partial charge in [0.1, 0.15) is 0 Å². The summed E-state index contributed by atoms with van der Waals surface area (Å²) in [6, 6.07) is 2.39. The van der Waals surface area contributed by atoms with E-state index in [2.05, 4.69) is 19.9 Å². The van der Waals surface area contributed by atoms with Gasteiger partial charge in [-0.25, -0.2) is 0 Å². The van der Waals surface area contributed by atoms with Crippen LogP contribution in [0.2, 0.25) is 0 Å². The summed E-state index contributed by atoms with van der Waals surface area (Å²) in [4.78, 5) is 0. The van der Waals surface area contributed by atoms with Crippen LogP contribution in [-0.4, -0.2) is 19.0 Å². The molecule has 0 bridgehead atoms. The van der Waals surface area contributed by atoms with Crippen molar-refractivity contribution in [2.24, 2.45) is 11.3 Å². The lowest BCUT2D eigenvalue weighted by molar-refractivity contribution is -0.198. The predicted molar refractivity (Wildman–Crippen MR) is 51.4 cm³/mol. The number of hydrogen-bond donors (Lipinski definition) is 0. The maximum absolute atomic E-state index is 9.11. The van der Waals surface area contributed by atoms with Crippen molar-refractivity contribution >= 4 is 0 Å². The Labute approximate surface area is 85.0 Å². The molecule has 1 unspecified atom stereocenters. The summed E-state index contributed by atoms with van der Waals surface area (Å²) in [5, 5.41) is 9.11. The Morgan fingerprint density at radius 2 is 1.86 bits per heavy atom. The quantitative estimate of drug-likeness (QED) is 0.594. The zero-order chi connectivity index (χ0) is 10.2. The van der Waals surface area contributed by atoms with Crippen LogP contribution < -0.4 is 0 Å². The van der Waals surface area contributed by atoms with Gasteiger partial charge in [0.25, 0.3) is 0 Å². The molecule has 1 heterocycles. The molecule has 3 heteroatoms. The van der Waals surface area contributed by atoms with Crippen LogP contribution in [0.4, 0.5) is 0 Å². The van der Waals surface area contributed by atoms with Crippen molar-refractivity contribution in [1.29, 1.82) is 5.26 Å². The second kappa shape index (κ2) is 3.22. The van der Waals surface area contributed by atoms with Gasteiger partial charge < -0.3 is 9.47 Å². The Morgan fingerprint density at radius 3 is 2.43 bits per heavy atom. The molecule has 1 spiro atoms. The van der Waals surface area contributed by atoms with Crippen LogP contribution in [0.5, 0.6) is 0 Å². The summed E-state index contributed by atoms with van der Waals surface area (Å²) in [5.74, 6) is -0.370. The van der Waals surface area contributed by atoms with Crippen LogP contribution in [0.1, 0.15) is 33.1 Å². The second-order valence-corrected chi connectivity index (χ2v) is 4.98. The molecule has 78 valence electrons. The molecule has 2 rings (SSSR count). The third-order valence-electron chi connectivity index (χ3n) is 3.58. The lowest BCUT2D eigenvalue weighted by Crippen LogP contribution is -2.43. The molecule has 14 heavy (non-hydrogen) atoms. The van der Waals surface area contributed by atoms with Crippen LogP contribution in [-0.2, 0) is 9.47 Å². The average molecular weight is 195 g/mol. The summed E-state index contributed by atoms with van der Waals surface area (Å²) in [6.45, 7) is 5.67. The highest BCUT2D eigenvalue weighted by molar-refractivity contribution is 5.01. The molecule has 3 nitrogen and oxygen atoms in total. The van der Waals surface area contributed by atoms with Crippen LogP contribution in [0.15, 0.2) is 0 Å². The Kier molecular flexibility index (Phi) is 2.29. The first-order valence-electron chi connectivity index (χ1n) is 5.26. The van der Waals surface area contributed by atoms with Crippen molar-refractivity contribution in [3.63, 3.8) is 0 Å². The van der Waals surface area contributed by atoms with Crippen LogP contribution in [0.3, 0.4) is 0 Å². The Balaban J connectivity index is 2.12. The molecular formula is C11H17NO2. The van der Waals surface area contributed by atoms with E-state index in [-0.39, 0.29) is 11.3 Å². The van der Waals surface area contributed by atoms with Crippen molar-refractivity contribution in [3.8, 4) is 6.07 Å². The van der Waals surface area contributed by atoms with Gasteiger partial charge in [-0.15, -0.1) is 0 Å². The Morgan fingerprint density at radius 1 is 1.21 bits per heavy atom. The molecule has 0 radical (unpaired) electrons. The third kappa shape index (κ3) is 1.53. The van der Waals surface area contributed by atoms with Crippen LogP contribution >= 0.6 is 0 Å². The molecule has 0 aromatic carbocycles. The van der Waals surface area contributed by atoms with E-state index in [0.717, 1.165) is 19.3 Å². The zero-order valence-corrected chi connectivity index (χ0v) is 8.88. The summed E-state index contributed by atoms with van der Waals surface area (Å²) in [5.41, 5.74) is 0.106. The van der Waals surface area contributed by atoms with E-state index in [1.807, 2.05) is 0 Å². The third-order valence-corrected chi connectivity index (χ3v) is 3.58. The number of rotatable bonds is 0. The van der Waals surface area contributed by atoms with Gasteiger partial charge >= 0.3 is 0 Å². The monoisotopic (exact) mass is 195 g/mol. The zero-order valence-electron chi connectivity index (χ0n) is 8.88. The molecular weight excluding hydrogens is 178 g/mol. The first-order chi connectivity index (χ1) is 6.58. The van der Waals surface area contributed by atoms with Crippen molar-refractivity contribution < 1.29 is 9.47 Å². The van der Waals surface area contributed by atoms with Crippen LogP contribution in [0.25, 0.3) is 0 Å². The van der Waals surface area contributed by atoms with Crippen LogP contribution in [0, 0.1) is 22.7 Å². The first kappa shape index (κ1) is 9.95. The molecule has 2 aliphatic rings. The molecule has 0 N–H and O–H groups in total. The van der Waals surface area contributed by atoms with Gasteiger partial charge in [-0.2, -0.15) is 5.26 Å². The summed E-state index contributed by atoms with van der Waals surface area (Å²) in [6.07, 6.45) is 2.67. The van der Waals surface area contributed by atoms with Gasteiger partial charge in [-0.1, -0.05) is 13.8 Å². The van der Waals surface area contributed by atoms with Gasteiger partial charge in [0.15, 0.2) is 5.79 Å². The number of hydrogen-bond acceptors (Lipinski definition) is 3. The molecule has 2 fully saturated rings. The van der Waals surface area contributed by atoms with Gasteiger partial charge in [0.2, 0.25) is 0 Å². The lowest BCUT2D eigenvalue weighted by atomic mass is 9.67. The van der Waals surface area contributed by atoms with Gasteiger partial charge in [0, 0.05) is 12.8 Å². The van der Waals surface area contributed by atoms with E-state index < -0.39 is 5.79 Å². The van der Waals surface area contributed by atoms with E-state index in [4.69, 9.17) is 14.7 Å². The fraction of sp³-hybridized carbons (Fsp3) is 0.909. The van der Waals surface area contributed by atoms with Gasteiger partial charge in [-0.3, -0.25) is 0 Å². The number of nitrogens with zero attached hydrogens (tertiary/aromatic N) is 1. The molecule has 0 amide bonds. The van der Waals surface area contributed by atoms with Gasteiger partial charge in [0.05, 0.1) is 25.2 Å². The molecule has 1 saturated carbocycles. The van der Waals surface area contributed by atoms with E-state index in [1.54, 1.807) is 0 Å². The highest BCUT2D eigenvalue weighted by Crippen LogP contribution is 2.47. The second-order valence-electron chi connectivity index (χ2n) is 4.98. The van der Waals surface area contributed by atoms with E-state index in [1.165, 1.54) is 0 Å². The van der Waals surface area contributed by atoms with Crippen molar-refractivity contribution in [2.45, 2.75) is 38.9 Å². The summed E-state index contributed by atoms with van der Waals surface area (Å²) >= 11 is 0. The predicted octanol–water partition coefficient (Wildman–Crippen LogP) is 2.08. The molecule has 0 aromatic heterocycles. The van der Waals surface area contributed by atoms with E-state index in [0.29, 0.717) is 13.2 Å². The highest BCUT2D eigenvalue weighted by Gasteiger charge is 2.48. The Hall–Kier alpha value is -0.590. The average Bonchev–Trinajstić information content (AvgIpc) is 2.59. The largest absolute Gasteiger partial charge is 0.347 e. The first-order valence-corrected chi connectivity index (χ1v) is 5.26. The SMILES string of the molecule is CC1(C)CCC2(CC1C#N)OCCO2. The maximum Gasteiger partial charge on any atom is 0.169 e. The van der Waals surface area contributed by atoms with Gasteiger partial charge in [-0.05, 0) is 11.8 Å². The van der Waals surface area contributed by atoms with E-state index in [9.17, 15) is 0 Å². The smallest absolute Gasteiger partial charge is 0.169 e. The lowest BCUT2D eigenvalue weighted by Gasteiger charge is -2.42. The number of nitriles is 1. The van der Waals surface area contributed by atoms with Crippen molar-refractivity contribution in [2.75, 3.05) is 13.2 Å². The molecule has 1 aliphatic heterocycles.